The first kappa shape index (κ1) is 20.5. The van der Waals surface area contributed by atoms with Gasteiger partial charge in [0, 0.05) is 25.9 Å². The number of hydrogen-bond acceptors (Lipinski definition) is 4. The number of para-hydroxylation sites is 2. The molecule has 0 atom stereocenters. The van der Waals surface area contributed by atoms with E-state index in [4.69, 9.17) is 0 Å². The Kier molecular flexibility index (Phi) is 6.61. The number of nitrogens with one attached hydrogen (secondary N) is 2. The minimum atomic E-state index is -0.240. The lowest BCUT2D eigenvalue weighted by atomic mass is 10.1. The van der Waals surface area contributed by atoms with E-state index in [1.807, 2.05) is 44.4 Å². The standard InChI is InChI=1S/C22H26N4O3/c1-25(2)14-17-9-7-16(8-10-17)13-23-20(27)11-12-22(29)26-15-21(28)24-18-5-3-4-6-19(18)26/h3-10H,11-15H2,1-2H3,(H,23,27)(H,24,28). The van der Waals surface area contributed by atoms with Gasteiger partial charge in [0.05, 0.1) is 11.4 Å². The predicted molar refractivity (Wildman–Crippen MR) is 112 cm³/mol. The number of nitrogens with zero attached hydrogens (tertiary/aromatic N) is 2. The first-order chi connectivity index (χ1) is 13.9. The number of fused-ring (bicyclic) bond motifs is 1. The molecule has 2 N–H and O–H groups in total. The zero-order chi connectivity index (χ0) is 20.8. The van der Waals surface area contributed by atoms with E-state index in [2.05, 4.69) is 15.5 Å². The molecule has 7 nitrogen and oxygen atoms in total. The molecular weight excluding hydrogens is 368 g/mol. The van der Waals surface area contributed by atoms with Gasteiger partial charge in [-0.1, -0.05) is 36.4 Å². The smallest absolute Gasteiger partial charge is 0.244 e. The molecule has 0 saturated carbocycles. The van der Waals surface area contributed by atoms with Crippen LogP contribution in [0.15, 0.2) is 48.5 Å². The van der Waals surface area contributed by atoms with Crippen molar-refractivity contribution in [3.8, 4) is 0 Å². The number of carbonyl (C=O) groups excluding carboxylic acids is 3. The molecule has 1 aliphatic rings. The molecular formula is C22H26N4O3. The van der Waals surface area contributed by atoms with Crippen LogP contribution >= 0.6 is 0 Å². The van der Waals surface area contributed by atoms with Crippen LogP contribution in [0.25, 0.3) is 0 Å². The third-order valence-electron chi connectivity index (χ3n) is 4.65. The van der Waals surface area contributed by atoms with Crippen LogP contribution in [0, 0.1) is 0 Å². The molecule has 0 aliphatic carbocycles. The van der Waals surface area contributed by atoms with Crippen LogP contribution in [-0.2, 0) is 27.5 Å². The highest BCUT2D eigenvalue weighted by molar-refractivity contribution is 6.10. The van der Waals surface area contributed by atoms with Crippen molar-refractivity contribution >= 4 is 29.1 Å². The number of rotatable bonds is 7. The summed E-state index contributed by atoms with van der Waals surface area (Å²) < 4.78 is 0. The van der Waals surface area contributed by atoms with Crippen molar-refractivity contribution in [2.45, 2.75) is 25.9 Å². The largest absolute Gasteiger partial charge is 0.352 e. The fourth-order valence-corrected chi connectivity index (χ4v) is 3.23. The normalized spacial score (nSPS) is 13.1. The van der Waals surface area contributed by atoms with E-state index in [9.17, 15) is 14.4 Å². The Labute approximate surface area is 170 Å². The highest BCUT2D eigenvalue weighted by atomic mass is 16.2. The molecule has 29 heavy (non-hydrogen) atoms. The van der Waals surface area contributed by atoms with Gasteiger partial charge < -0.3 is 20.4 Å². The molecule has 7 heteroatoms. The van der Waals surface area contributed by atoms with Gasteiger partial charge in [-0.15, -0.1) is 0 Å². The third-order valence-corrected chi connectivity index (χ3v) is 4.65. The molecule has 2 aromatic carbocycles. The Hall–Kier alpha value is -3.19. The highest BCUT2D eigenvalue weighted by Crippen LogP contribution is 2.29. The zero-order valence-corrected chi connectivity index (χ0v) is 16.8. The first-order valence-corrected chi connectivity index (χ1v) is 9.61. The van der Waals surface area contributed by atoms with Crippen LogP contribution < -0.4 is 15.5 Å². The number of amides is 3. The van der Waals surface area contributed by atoms with Crippen molar-refractivity contribution in [2.75, 3.05) is 30.9 Å². The topological polar surface area (TPSA) is 81.8 Å². The van der Waals surface area contributed by atoms with Gasteiger partial charge in [0.2, 0.25) is 17.7 Å². The van der Waals surface area contributed by atoms with Gasteiger partial charge >= 0.3 is 0 Å². The van der Waals surface area contributed by atoms with Crippen LogP contribution in [0.3, 0.4) is 0 Å². The maximum Gasteiger partial charge on any atom is 0.244 e. The molecule has 0 fully saturated rings. The molecule has 3 rings (SSSR count). The van der Waals surface area contributed by atoms with Crippen molar-refractivity contribution < 1.29 is 14.4 Å². The summed E-state index contributed by atoms with van der Waals surface area (Å²) in [6.07, 6.45) is 0.132. The van der Waals surface area contributed by atoms with E-state index in [1.165, 1.54) is 10.5 Å². The van der Waals surface area contributed by atoms with Crippen LogP contribution in [0.2, 0.25) is 0 Å². The van der Waals surface area contributed by atoms with Crippen molar-refractivity contribution in [3.05, 3.63) is 59.7 Å². The van der Waals surface area contributed by atoms with Gasteiger partial charge in [0.15, 0.2) is 0 Å². The number of hydrogen-bond donors (Lipinski definition) is 2. The third kappa shape index (κ3) is 5.65. The van der Waals surface area contributed by atoms with Crippen LogP contribution in [0.1, 0.15) is 24.0 Å². The second-order valence-corrected chi connectivity index (χ2v) is 7.38. The second kappa shape index (κ2) is 9.34. The Morgan fingerprint density at radius 2 is 1.72 bits per heavy atom. The number of anilines is 2. The molecule has 0 spiro atoms. The highest BCUT2D eigenvalue weighted by Gasteiger charge is 2.26. The molecule has 1 aliphatic heterocycles. The SMILES string of the molecule is CN(C)Cc1ccc(CNC(=O)CCC(=O)N2CC(=O)Nc3ccccc32)cc1. The van der Waals surface area contributed by atoms with Crippen LogP contribution in [-0.4, -0.2) is 43.3 Å². The zero-order valence-electron chi connectivity index (χ0n) is 16.8. The van der Waals surface area contributed by atoms with E-state index >= 15 is 0 Å². The molecule has 2 aromatic rings. The van der Waals surface area contributed by atoms with Gasteiger partial charge in [-0.2, -0.15) is 0 Å². The summed E-state index contributed by atoms with van der Waals surface area (Å²) in [7, 11) is 4.04. The monoisotopic (exact) mass is 394 g/mol. The summed E-state index contributed by atoms with van der Waals surface area (Å²) in [4.78, 5) is 40.1. The quantitative estimate of drug-likeness (QED) is 0.754. The summed E-state index contributed by atoms with van der Waals surface area (Å²) >= 11 is 0. The Bertz CT molecular complexity index is 893. The molecule has 0 bridgehead atoms. The Morgan fingerprint density at radius 3 is 2.45 bits per heavy atom. The summed E-state index contributed by atoms with van der Waals surface area (Å²) in [5.41, 5.74) is 3.49. The van der Waals surface area contributed by atoms with Gasteiger partial charge in [-0.3, -0.25) is 14.4 Å². The second-order valence-electron chi connectivity index (χ2n) is 7.38. The van der Waals surface area contributed by atoms with Crippen molar-refractivity contribution in [1.82, 2.24) is 10.2 Å². The fourth-order valence-electron chi connectivity index (χ4n) is 3.23. The van der Waals surface area contributed by atoms with Crippen LogP contribution in [0.5, 0.6) is 0 Å². The van der Waals surface area contributed by atoms with Gasteiger partial charge in [-0.05, 0) is 37.4 Å². The first-order valence-electron chi connectivity index (χ1n) is 9.61. The van der Waals surface area contributed by atoms with Crippen molar-refractivity contribution in [2.24, 2.45) is 0 Å². The van der Waals surface area contributed by atoms with Gasteiger partial charge in [-0.25, -0.2) is 0 Å². The van der Waals surface area contributed by atoms with Gasteiger partial charge in [0.1, 0.15) is 6.54 Å². The summed E-state index contributed by atoms with van der Waals surface area (Å²) in [5, 5.41) is 5.59. The molecule has 0 radical (unpaired) electrons. The van der Waals surface area contributed by atoms with E-state index in [0.717, 1.165) is 12.1 Å². The molecule has 3 amide bonds. The molecule has 0 aromatic heterocycles. The lowest BCUT2D eigenvalue weighted by molar-refractivity contribution is -0.125. The van der Waals surface area contributed by atoms with Crippen molar-refractivity contribution in [1.29, 1.82) is 0 Å². The minimum Gasteiger partial charge on any atom is -0.352 e. The molecule has 0 unspecified atom stereocenters. The minimum absolute atomic E-state index is 0.0310. The maximum atomic E-state index is 12.6. The van der Waals surface area contributed by atoms with E-state index < -0.39 is 0 Å². The Balaban J connectivity index is 1.48. The number of benzene rings is 2. The maximum absolute atomic E-state index is 12.6. The van der Waals surface area contributed by atoms with Crippen LogP contribution in [0.4, 0.5) is 11.4 Å². The lowest BCUT2D eigenvalue weighted by Crippen LogP contribution is -2.42. The summed E-state index contributed by atoms with van der Waals surface area (Å²) in [6.45, 7) is 1.26. The lowest BCUT2D eigenvalue weighted by Gasteiger charge is -2.29. The molecule has 0 saturated heterocycles. The van der Waals surface area contributed by atoms with Gasteiger partial charge in [0.25, 0.3) is 0 Å². The Morgan fingerprint density at radius 1 is 1.03 bits per heavy atom. The number of carbonyl (C=O) groups is 3. The van der Waals surface area contributed by atoms with Crippen molar-refractivity contribution in [3.63, 3.8) is 0 Å². The fraction of sp³-hybridized carbons (Fsp3) is 0.318. The average Bonchev–Trinajstić information content (AvgIpc) is 2.70. The summed E-state index contributed by atoms with van der Waals surface area (Å²) in [6, 6.07) is 15.2. The van der Waals surface area contributed by atoms with E-state index in [-0.39, 0.29) is 37.1 Å². The van der Waals surface area contributed by atoms with E-state index in [1.54, 1.807) is 18.2 Å². The predicted octanol–water partition coefficient (Wildman–Crippen LogP) is 2.13. The summed E-state index contributed by atoms with van der Waals surface area (Å²) in [5.74, 6) is -0.667. The average molecular weight is 394 g/mol. The molecule has 152 valence electrons. The van der Waals surface area contributed by atoms with E-state index in [0.29, 0.717) is 17.9 Å². The molecule has 1 heterocycles.